The number of benzene rings is 1. The summed E-state index contributed by atoms with van der Waals surface area (Å²) >= 11 is 0. The first kappa shape index (κ1) is 11.2. The van der Waals surface area contributed by atoms with Crippen molar-refractivity contribution in [2.24, 2.45) is 0 Å². The number of hydrogen-bond acceptors (Lipinski definition) is 3. The lowest BCUT2D eigenvalue weighted by molar-refractivity contribution is -0.128. The Balaban J connectivity index is 2.44. The molecular formula is C11H18N2O. The third-order valence-electron chi connectivity index (χ3n) is 2.20. The van der Waals surface area contributed by atoms with Crippen LogP contribution in [0.15, 0.2) is 30.3 Å². The minimum atomic E-state index is 0.125. The van der Waals surface area contributed by atoms with Gasteiger partial charge in [-0.15, -0.1) is 0 Å². The van der Waals surface area contributed by atoms with Crippen LogP contribution < -0.4 is 5.32 Å². The molecule has 3 heteroatoms. The number of nitrogens with one attached hydrogen (secondary N) is 1. The Morgan fingerprint density at radius 2 is 2.00 bits per heavy atom. The topological polar surface area (TPSA) is 35.5 Å². The van der Waals surface area contributed by atoms with Crippen LogP contribution in [0, 0.1) is 0 Å². The van der Waals surface area contributed by atoms with Gasteiger partial charge in [0.2, 0.25) is 0 Å². The van der Waals surface area contributed by atoms with E-state index >= 15 is 0 Å². The predicted octanol–water partition coefficient (Wildman–Crippen LogP) is 1.49. The van der Waals surface area contributed by atoms with E-state index in [1.807, 2.05) is 44.3 Å². The van der Waals surface area contributed by atoms with Crippen LogP contribution in [0.2, 0.25) is 0 Å². The highest BCUT2D eigenvalue weighted by molar-refractivity contribution is 5.14. The fourth-order valence-corrected chi connectivity index (χ4v) is 1.33. The van der Waals surface area contributed by atoms with E-state index in [0.717, 1.165) is 12.1 Å². The zero-order valence-electron chi connectivity index (χ0n) is 8.77. The van der Waals surface area contributed by atoms with Crippen LogP contribution >= 0.6 is 0 Å². The van der Waals surface area contributed by atoms with E-state index in [-0.39, 0.29) is 6.04 Å². The van der Waals surface area contributed by atoms with Crippen LogP contribution in [0.4, 0.5) is 0 Å². The highest BCUT2D eigenvalue weighted by atomic mass is 16.5. The predicted molar refractivity (Wildman–Crippen MR) is 57.2 cm³/mol. The van der Waals surface area contributed by atoms with Crippen LogP contribution in [0.5, 0.6) is 0 Å². The molecule has 0 bridgehead atoms. The zero-order chi connectivity index (χ0) is 10.4. The molecule has 0 fully saturated rings. The molecule has 1 atom stereocenters. The third-order valence-corrected chi connectivity index (χ3v) is 2.20. The Hall–Kier alpha value is -0.900. The standard InChI is InChI=1S/C11H18N2O/c1-10(8-12-2)13(14)9-11-6-4-3-5-7-11/h3-7,10,12,14H,8-9H2,1-2H3. The van der Waals surface area contributed by atoms with Crippen LogP contribution in [0.3, 0.4) is 0 Å². The van der Waals surface area contributed by atoms with Gasteiger partial charge >= 0.3 is 0 Å². The molecule has 3 nitrogen and oxygen atoms in total. The van der Waals surface area contributed by atoms with Gasteiger partial charge in [0.05, 0.1) is 0 Å². The quantitative estimate of drug-likeness (QED) is 0.697. The minimum absolute atomic E-state index is 0.125. The second-order valence-corrected chi connectivity index (χ2v) is 3.49. The second kappa shape index (κ2) is 5.75. The van der Waals surface area contributed by atoms with E-state index in [0.29, 0.717) is 6.54 Å². The van der Waals surface area contributed by atoms with Crippen LogP contribution in [-0.2, 0) is 6.54 Å². The first-order chi connectivity index (χ1) is 6.74. The summed E-state index contributed by atoms with van der Waals surface area (Å²) in [5.41, 5.74) is 1.12. The Bertz CT molecular complexity index is 251. The van der Waals surface area contributed by atoms with Crippen molar-refractivity contribution >= 4 is 0 Å². The fourth-order valence-electron chi connectivity index (χ4n) is 1.33. The zero-order valence-corrected chi connectivity index (χ0v) is 8.77. The molecule has 1 unspecified atom stereocenters. The summed E-state index contributed by atoms with van der Waals surface area (Å²) in [7, 11) is 1.88. The average molecular weight is 194 g/mol. The monoisotopic (exact) mass is 194 g/mol. The Labute approximate surface area is 85.3 Å². The van der Waals surface area contributed by atoms with E-state index in [1.165, 1.54) is 5.06 Å². The van der Waals surface area contributed by atoms with Gasteiger partial charge in [-0.3, -0.25) is 0 Å². The Kier molecular flexibility index (Phi) is 4.59. The lowest BCUT2D eigenvalue weighted by Gasteiger charge is -2.22. The van der Waals surface area contributed by atoms with Crippen molar-refractivity contribution in [1.82, 2.24) is 10.4 Å². The first-order valence-electron chi connectivity index (χ1n) is 4.88. The maximum Gasteiger partial charge on any atom is 0.0492 e. The van der Waals surface area contributed by atoms with Gasteiger partial charge in [-0.25, -0.2) is 0 Å². The van der Waals surface area contributed by atoms with Crippen molar-refractivity contribution in [3.05, 3.63) is 35.9 Å². The number of hydroxylamine groups is 2. The largest absolute Gasteiger partial charge is 0.318 e. The number of likely N-dealkylation sites (N-methyl/N-ethyl adjacent to an activating group) is 1. The molecule has 0 saturated heterocycles. The molecule has 2 N–H and O–H groups in total. The van der Waals surface area contributed by atoms with E-state index in [9.17, 15) is 5.21 Å². The molecule has 14 heavy (non-hydrogen) atoms. The summed E-state index contributed by atoms with van der Waals surface area (Å²) in [4.78, 5) is 0. The number of rotatable bonds is 5. The molecule has 0 aromatic heterocycles. The Morgan fingerprint density at radius 1 is 1.36 bits per heavy atom. The molecule has 0 aliphatic carbocycles. The lowest BCUT2D eigenvalue weighted by Crippen LogP contribution is -2.36. The highest BCUT2D eigenvalue weighted by Crippen LogP contribution is 2.04. The molecule has 0 spiro atoms. The smallest absolute Gasteiger partial charge is 0.0492 e. The van der Waals surface area contributed by atoms with Crippen molar-refractivity contribution in [1.29, 1.82) is 0 Å². The second-order valence-electron chi connectivity index (χ2n) is 3.49. The van der Waals surface area contributed by atoms with E-state index in [1.54, 1.807) is 0 Å². The van der Waals surface area contributed by atoms with Crippen LogP contribution in [-0.4, -0.2) is 29.9 Å². The highest BCUT2D eigenvalue weighted by Gasteiger charge is 2.09. The molecule has 0 radical (unpaired) electrons. The molecule has 0 aliphatic heterocycles. The van der Waals surface area contributed by atoms with Gasteiger partial charge in [0.15, 0.2) is 0 Å². The summed E-state index contributed by atoms with van der Waals surface area (Å²) in [6.07, 6.45) is 0. The van der Waals surface area contributed by atoms with Crippen LogP contribution in [0.1, 0.15) is 12.5 Å². The van der Waals surface area contributed by atoms with E-state index in [2.05, 4.69) is 5.32 Å². The molecule has 0 aliphatic rings. The Morgan fingerprint density at radius 3 is 2.57 bits per heavy atom. The van der Waals surface area contributed by atoms with E-state index in [4.69, 9.17) is 0 Å². The summed E-state index contributed by atoms with van der Waals surface area (Å²) in [6, 6.07) is 10.1. The summed E-state index contributed by atoms with van der Waals surface area (Å²) in [5, 5.41) is 14.1. The maximum atomic E-state index is 9.70. The maximum absolute atomic E-state index is 9.70. The fraction of sp³-hybridized carbons (Fsp3) is 0.455. The molecule has 1 aromatic carbocycles. The first-order valence-corrected chi connectivity index (χ1v) is 4.88. The number of hydrogen-bond donors (Lipinski definition) is 2. The number of nitrogens with zero attached hydrogens (tertiary/aromatic N) is 1. The SMILES string of the molecule is CNCC(C)N(O)Cc1ccccc1. The normalized spacial score (nSPS) is 13.1. The minimum Gasteiger partial charge on any atom is -0.318 e. The van der Waals surface area contributed by atoms with Gasteiger partial charge in [0.25, 0.3) is 0 Å². The molecule has 0 amide bonds. The van der Waals surface area contributed by atoms with Crippen molar-refractivity contribution in [3.8, 4) is 0 Å². The van der Waals surface area contributed by atoms with E-state index < -0.39 is 0 Å². The van der Waals surface area contributed by atoms with Crippen molar-refractivity contribution < 1.29 is 5.21 Å². The molecule has 1 aromatic rings. The van der Waals surface area contributed by atoms with Gasteiger partial charge in [0.1, 0.15) is 0 Å². The molecule has 0 saturated carbocycles. The van der Waals surface area contributed by atoms with Gasteiger partial charge in [-0.05, 0) is 19.5 Å². The van der Waals surface area contributed by atoms with Gasteiger partial charge in [-0.2, -0.15) is 5.06 Å². The average Bonchev–Trinajstić information content (AvgIpc) is 2.19. The third kappa shape index (κ3) is 3.46. The lowest BCUT2D eigenvalue weighted by atomic mass is 10.2. The summed E-state index contributed by atoms with van der Waals surface area (Å²) in [6.45, 7) is 3.34. The van der Waals surface area contributed by atoms with Gasteiger partial charge < -0.3 is 10.5 Å². The molecular weight excluding hydrogens is 176 g/mol. The van der Waals surface area contributed by atoms with Gasteiger partial charge in [0, 0.05) is 19.1 Å². The van der Waals surface area contributed by atoms with Crippen molar-refractivity contribution in [3.63, 3.8) is 0 Å². The van der Waals surface area contributed by atoms with Gasteiger partial charge in [-0.1, -0.05) is 30.3 Å². The molecule has 0 heterocycles. The summed E-state index contributed by atoms with van der Waals surface area (Å²) < 4.78 is 0. The summed E-state index contributed by atoms with van der Waals surface area (Å²) in [5.74, 6) is 0. The van der Waals surface area contributed by atoms with Crippen molar-refractivity contribution in [2.75, 3.05) is 13.6 Å². The van der Waals surface area contributed by atoms with Crippen molar-refractivity contribution in [2.45, 2.75) is 19.5 Å². The molecule has 78 valence electrons. The van der Waals surface area contributed by atoms with Crippen LogP contribution in [0.25, 0.3) is 0 Å². The molecule has 1 rings (SSSR count).